The molecule has 0 saturated carbocycles. The van der Waals surface area contributed by atoms with Crippen LogP contribution >= 0.6 is 11.3 Å². The van der Waals surface area contributed by atoms with Crippen molar-refractivity contribution >= 4 is 58.5 Å². The van der Waals surface area contributed by atoms with Gasteiger partial charge in [-0.05, 0) is 51.4 Å². The molecule has 5 aromatic rings. The number of benzene rings is 4. The number of hydrogen-bond acceptors (Lipinski definition) is 9. The molecule has 6 N–H and O–H groups in total. The molecule has 5 atom stereocenters. The van der Waals surface area contributed by atoms with Crippen LogP contribution in [-0.2, 0) is 64.0 Å². The van der Waals surface area contributed by atoms with E-state index in [4.69, 9.17) is 4.74 Å². The molecule has 0 saturated heterocycles. The van der Waals surface area contributed by atoms with Gasteiger partial charge >= 0.3 is 11.9 Å². The van der Waals surface area contributed by atoms with Crippen LogP contribution in [0.15, 0.2) is 127 Å². The smallest absolute Gasteiger partial charge is 0.326 e. The number of carbonyl (C=O) groups is 7. The van der Waals surface area contributed by atoms with Crippen molar-refractivity contribution < 1.29 is 43.4 Å². The van der Waals surface area contributed by atoms with Crippen molar-refractivity contribution in [2.45, 2.75) is 69.3 Å². The number of hydrogen-bond donors (Lipinski definition) is 6. The molecule has 0 fully saturated rings. The lowest BCUT2D eigenvalue weighted by atomic mass is 9.99. The van der Waals surface area contributed by atoms with E-state index in [2.05, 4.69) is 26.6 Å². The second-order valence-electron chi connectivity index (χ2n) is 14.6. The Kier molecular flexibility index (Phi) is 14.8. The Bertz CT molecular complexity index is 2320. The number of carbonyl (C=O) groups excluding carboxylic acids is 6. The van der Waals surface area contributed by atoms with Crippen LogP contribution < -0.4 is 26.6 Å². The molecule has 314 valence electrons. The minimum absolute atomic E-state index is 0.00779. The normalized spacial score (nSPS) is 20.5. The zero-order chi connectivity index (χ0) is 43.3. The molecule has 0 aliphatic carbocycles. The number of rotatable bonds is 9. The molecule has 14 nitrogen and oxygen atoms in total. The molecule has 7 rings (SSSR count). The number of nitrogens with one attached hydrogen (secondary N) is 5. The molecule has 2 aliphatic rings. The van der Waals surface area contributed by atoms with E-state index in [-0.39, 0.29) is 31.4 Å². The summed E-state index contributed by atoms with van der Waals surface area (Å²) in [7, 11) is 0. The van der Waals surface area contributed by atoms with Gasteiger partial charge in [-0.25, -0.2) is 4.79 Å². The lowest BCUT2D eigenvalue weighted by Crippen LogP contribution is -2.59. The van der Waals surface area contributed by atoms with Crippen LogP contribution in [0.4, 0.5) is 5.69 Å². The van der Waals surface area contributed by atoms with Crippen LogP contribution in [-0.4, -0.2) is 76.9 Å². The third kappa shape index (κ3) is 12.7. The van der Waals surface area contributed by atoms with Crippen molar-refractivity contribution in [3.63, 3.8) is 0 Å². The van der Waals surface area contributed by atoms with Gasteiger partial charge in [0.2, 0.25) is 23.6 Å². The SMILES string of the molecule is CC(=O)O[C@@H]1CC(=O)N[C@H](Cc2cccs2)C(=O)N[C@@H](Cc2ccc(-c3ccccc3)cc2)C(=O)N[C@H](Cc2ccccc2)C(=O)N[C@H](C(=O)O)Cc2ccc(cc2)NC1=O. The topological polar surface area (TPSA) is 209 Å². The van der Waals surface area contributed by atoms with Gasteiger partial charge in [0.05, 0.1) is 6.42 Å². The number of thiophene rings is 1. The first kappa shape index (κ1) is 43.4. The van der Waals surface area contributed by atoms with Gasteiger partial charge in [-0.2, -0.15) is 0 Å². The number of carboxylic acids is 1. The molecule has 4 aromatic carbocycles. The maximum Gasteiger partial charge on any atom is 0.326 e. The molecular weight excluding hydrogens is 799 g/mol. The fraction of sp³-hybridized carbons (Fsp3) is 0.239. The summed E-state index contributed by atoms with van der Waals surface area (Å²) in [4.78, 5) is 95.2. The zero-order valence-electron chi connectivity index (χ0n) is 33.2. The average Bonchev–Trinajstić information content (AvgIpc) is 3.76. The second kappa shape index (κ2) is 20.7. The summed E-state index contributed by atoms with van der Waals surface area (Å²) in [5.74, 6) is -5.99. The fourth-order valence-electron chi connectivity index (χ4n) is 6.82. The Morgan fingerprint density at radius 3 is 1.74 bits per heavy atom. The lowest BCUT2D eigenvalue weighted by molar-refractivity contribution is -0.153. The van der Waals surface area contributed by atoms with Gasteiger partial charge in [-0.15, -0.1) is 11.3 Å². The minimum Gasteiger partial charge on any atom is -0.480 e. The third-order valence-electron chi connectivity index (χ3n) is 9.93. The lowest BCUT2D eigenvalue weighted by Gasteiger charge is -2.26. The number of carboxylic acid groups (broad SMARTS) is 1. The molecule has 5 amide bonds. The molecule has 2 aliphatic heterocycles. The van der Waals surface area contributed by atoms with E-state index < -0.39 is 78.2 Å². The summed E-state index contributed by atoms with van der Waals surface area (Å²) in [5, 5.41) is 25.5. The highest BCUT2D eigenvalue weighted by atomic mass is 32.1. The van der Waals surface area contributed by atoms with Crippen LogP contribution in [0.3, 0.4) is 0 Å². The Balaban J connectivity index is 1.37. The molecule has 0 unspecified atom stereocenters. The van der Waals surface area contributed by atoms with Gasteiger partial charge in [0.15, 0.2) is 6.10 Å². The average molecular weight is 844 g/mol. The van der Waals surface area contributed by atoms with E-state index in [9.17, 15) is 38.7 Å². The molecule has 1 aromatic heterocycles. The van der Waals surface area contributed by atoms with E-state index in [1.807, 2.05) is 54.6 Å². The van der Waals surface area contributed by atoms with E-state index in [1.165, 1.54) is 23.5 Å². The molecule has 0 spiro atoms. The maximum atomic E-state index is 14.5. The van der Waals surface area contributed by atoms with Gasteiger partial charge in [0.25, 0.3) is 5.91 Å². The Labute approximate surface area is 356 Å². The molecular formula is C46H45N5O9S. The van der Waals surface area contributed by atoms with E-state index >= 15 is 0 Å². The Morgan fingerprint density at radius 1 is 0.607 bits per heavy atom. The van der Waals surface area contributed by atoms with E-state index in [1.54, 1.807) is 60.0 Å². The first-order valence-corrected chi connectivity index (χ1v) is 20.5. The standard InChI is InChI=1S/C46H45N5O9S/c1-28(52)60-40-27-41(53)48-38(26-35-13-8-22-61-35)44(56)50-37(24-30-14-18-33(19-15-30)32-11-6-3-7-12-32)42(54)49-36(23-29-9-4-2-5-10-29)43(55)51-39(46(58)59)25-31-16-20-34(21-17-31)47-45(40)57/h2-22,36-40H,23-27H2,1H3,(H,47,57)(H,48,53)(H,49,54)(H,50,56)(H,51,55)(H,58,59)/t36-,37+,38-,39+,40-/m1/s1. The third-order valence-corrected chi connectivity index (χ3v) is 10.8. The van der Waals surface area contributed by atoms with Gasteiger partial charge in [0.1, 0.15) is 24.2 Å². The van der Waals surface area contributed by atoms with Crippen molar-refractivity contribution in [1.29, 1.82) is 0 Å². The quantitative estimate of drug-likeness (QED) is 0.0936. The van der Waals surface area contributed by atoms with Crippen LogP contribution in [0.2, 0.25) is 0 Å². The number of anilines is 1. The molecule has 61 heavy (non-hydrogen) atoms. The zero-order valence-corrected chi connectivity index (χ0v) is 34.0. The van der Waals surface area contributed by atoms with E-state index in [0.29, 0.717) is 16.7 Å². The van der Waals surface area contributed by atoms with E-state index in [0.717, 1.165) is 22.9 Å². The first-order valence-electron chi connectivity index (χ1n) is 19.6. The van der Waals surface area contributed by atoms with Crippen molar-refractivity contribution in [3.05, 3.63) is 148 Å². The summed E-state index contributed by atoms with van der Waals surface area (Å²) >= 11 is 1.34. The van der Waals surface area contributed by atoms with Crippen LogP contribution in [0.1, 0.15) is 34.9 Å². The molecule has 3 heterocycles. The summed E-state index contributed by atoms with van der Waals surface area (Å²) in [6.07, 6.45) is -2.39. The molecule has 2 bridgehead atoms. The number of fused-ring (bicyclic) bond motifs is 18. The van der Waals surface area contributed by atoms with Crippen molar-refractivity contribution in [2.75, 3.05) is 5.32 Å². The van der Waals surface area contributed by atoms with Crippen LogP contribution in [0, 0.1) is 0 Å². The second-order valence-corrected chi connectivity index (χ2v) is 15.6. The predicted octanol–water partition coefficient (Wildman–Crippen LogP) is 3.98. The summed E-state index contributed by atoms with van der Waals surface area (Å²) in [6.45, 7) is 1.09. The van der Waals surface area contributed by atoms with Gasteiger partial charge in [0, 0.05) is 43.2 Å². The van der Waals surface area contributed by atoms with Gasteiger partial charge < -0.3 is 36.4 Å². The highest BCUT2D eigenvalue weighted by molar-refractivity contribution is 7.09. The summed E-state index contributed by atoms with van der Waals surface area (Å²) in [5.41, 5.74) is 4.00. The predicted molar refractivity (Wildman–Crippen MR) is 228 cm³/mol. The van der Waals surface area contributed by atoms with Crippen LogP contribution in [0.25, 0.3) is 11.1 Å². The fourth-order valence-corrected chi connectivity index (χ4v) is 7.57. The highest BCUT2D eigenvalue weighted by Gasteiger charge is 2.33. The van der Waals surface area contributed by atoms with Crippen LogP contribution in [0.5, 0.6) is 0 Å². The van der Waals surface area contributed by atoms with Crippen molar-refractivity contribution in [1.82, 2.24) is 21.3 Å². The molecule has 15 heteroatoms. The summed E-state index contributed by atoms with van der Waals surface area (Å²) < 4.78 is 5.23. The van der Waals surface area contributed by atoms with Gasteiger partial charge in [-0.1, -0.05) is 103 Å². The summed E-state index contributed by atoms with van der Waals surface area (Å²) in [6, 6.07) is 30.4. The van der Waals surface area contributed by atoms with Gasteiger partial charge in [-0.3, -0.25) is 28.8 Å². The monoisotopic (exact) mass is 843 g/mol. The Morgan fingerprint density at radius 2 is 1.16 bits per heavy atom. The number of ether oxygens (including phenoxy) is 1. The maximum absolute atomic E-state index is 14.5. The minimum atomic E-state index is -1.58. The largest absolute Gasteiger partial charge is 0.480 e. The van der Waals surface area contributed by atoms with Crippen molar-refractivity contribution in [2.24, 2.45) is 0 Å². The number of esters is 1. The Hall–Kier alpha value is -7.13. The first-order chi connectivity index (χ1) is 29.4. The number of aliphatic carboxylic acids is 1. The highest BCUT2D eigenvalue weighted by Crippen LogP contribution is 2.21. The molecule has 0 radical (unpaired) electrons. The number of amides is 5. The van der Waals surface area contributed by atoms with Crippen molar-refractivity contribution in [3.8, 4) is 11.1 Å².